The second-order valence-electron chi connectivity index (χ2n) is 10.2. The molecule has 3 amide bonds. The maximum Gasteiger partial charge on any atom is 0.316 e. The molecule has 0 N–H and O–H groups in total. The Morgan fingerprint density at radius 2 is 1.75 bits per heavy atom. The second kappa shape index (κ2) is 9.04. The Kier molecular flexibility index (Phi) is 6.02. The van der Waals surface area contributed by atoms with Gasteiger partial charge >= 0.3 is 5.97 Å². The molecule has 0 spiro atoms. The van der Waals surface area contributed by atoms with Crippen LogP contribution in [0.15, 0.2) is 48.6 Å². The van der Waals surface area contributed by atoms with Crippen molar-refractivity contribution in [2.45, 2.75) is 40.5 Å². The van der Waals surface area contributed by atoms with Crippen LogP contribution in [0.1, 0.15) is 36.5 Å². The first-order valence-electron chi connectivity index (χ1n) is 12.4. The molecule has 7 nitrogen and oxygen atoms in total. The van der Waals surface area contributed by atoms with Gasteiger partial charge in [-0.15, -0.1) is 0 Å². The lowest BCUT2D eigenvalue weighted by Gasteiger charge is -2.22. The molecule has 2 aromatic carbocycles. The Labute approximate surface area is 210 Å². The number of anilines is 2. The first kappa shape index (κ1) is 24.0. The largest absolute Gasteiger partial charge is 0.426 e. The third-order valence-corrected chi connectivity index (χ3v) is 7.83. The van der Waals surface area contributed by atoms with Crippen molar-refractivity contribution in [3.63, 3.8) is 0 Å². The van der Waals surface area contributed by atoms with Gasteiger partial charge in [0.15, 0.2) is 0 Å². The number of rotatable bonds is 4. The SMILES string of the molecule is Cc1cc(OC(=O)[C@@H]2CC(=O)N(c3cccc(C)c3C)C2)ccc1N1C(=O)[C@@H]2[C@H](C)C=CC[C@H]2C1=O. The minimum atomic E-state index is -0.573. The number of hydrogen-bond donors (Lipinski definition) is 0. The minimum Gasteiger partial charge on any atom is -0.426 e. The standard InChI is InChI=1S/C29H30N2O5/c1-16-7-6-10-24(19(16)4)30-15-20(14-25(30)32)29(35)36-21-11-12-23(18(3)13-21)31-27(33)22-9-5-8-17(2)26(22)28(31)34/h5-8,10-13,17,20,22,26H,9,14-15H2,1-4H3/t17-,20-,22-,26-/m1/s1. The molecule has 36 heavy (non-hydrogen) atoms. The third kappa shape index (κ3) is 3.92. The van der Waals surface area contributed by atoms with Crippen molar-refractivity contribution >= 4 is 35.1 Å². The summed E-state index contributed by atoms with van der Waals surface area (Å²) in [4.78, 5) is 54.7. The lowest BCUT2D eigenvalue weighted by molar-refractivity contribution is -0.139. The predicted molar refractivity (Wildman–Crippen MR) is 136 cm³/mol. The van der Waals surface area contributed by atoms with E-state index in [1.807, 2.05) is 51.1 Å². The predicted octanol–water partition coefficient (Wildman–Crippen LogP) is 4.27. The van der Waals surface area contributed by atoms with E-state index in [0.29, 0.717) is 23.4 Å². The average molecular weight is 487 g/mol. The number of aryl methyl sites for hydroxylation is 2. The summed E-state index contributed by atoms with van der Waals surface area (Å²) in [5.74, 6) is -1.81. The maximum absolute atomic E-state index is 13.1. The van der Waals surface area contributed by atoms with E-state index in [0.717, 1.165) is 16.8 Å². The van der Waals surface area contributed by atoms with Crippen molar-refractivity contribution in [2.24, 2.45) is 23.7 Å². The number of carbonyl (C=O) groups is 4. The van der Waals surface area contributed by atoms with E-state index < -0.39 is 11.9 Å². The number of carbonyl (C=O) groups excluding carboxylic acids is 4. The van der Waals surface area contributed by atoms with Crippen LogP contribution in [0.2, 0.25) is 0 Å². The Hall–Kier alpha value is -3.74. The van der Waals surface area contributed by atoms with Crippen molar-refractivity contribution in [3.8, 4) is 5.75 Å². The molecule has 4 atom stereocenters. The molecule has 0 bridgehead atoms. The van der Waals surface area contributed by atoms with Gasteiger partial charge in [-0.2, -0.15) is 0 Å². The first-order valence-corrected chi connectivity index (χ1v) is 12.4. The highest BCUT2D eigenvalue weighted by Crippen LogP contribution is 2.41. The van der Waals surface area contributed by atoms with Crippen LogP contribution in [0.25, 0.3) is 0 Å². The van der Waals surface area contributed by atoms with Gasteiger partial charge < -0.3 is 9.64 Å². The molecule has 2 fully saturated rings. The van der Waals surface area contributed by atoms with Gasteiger partial charge in [-0.25, -0.2) is 4.90 Å². The maximum atomic E-state index is 13.1. The minimum absolute atomic E-state index is 0.0167. The van der Waals surface area contributed by atoms with Crippen LogP contribution >= 0.6 is 0 Å². The summed E-state index contributed by atoms with van der Waals surface area (Å²) in [5.41, 5.74) is 4.11. The molecule has 1 aliphatic carbocycles. The second-order valence-corrected chi connectivity index (χ2v) is 10.2. The summed E-state index contributed by atoms with van der Waals surface area (Å²) in [7, 11) is 0. The number of amides is 3. The number of nitrogens with zero attached hydrogens (tertiary/aromatic N) is 2. The van der Waals surface area contributed by atoms with E-state index in [9.17, 15) is 19.2 Å². The highest BCUT2D eigenvalue weighted by molar-refractivity contribution is 6.22. The van der Waals surface area contributed by atoms with Crippen LogP contribution in [0.4, 0.5) is 11.4 Å². The zero-order valence-corrected chi connectivity index (χ0v) is 21.0. The Balaban J connectivity index is 1.30. The van der Waals surface area contributed by atoms with Gasteiger partial charge in [0.2, 0.25) is 17.7 Å². The fraction of sp³-hybridized carbons (Fsp3) is 0.379. The van der Waals surface area contributed by atoms with E-state index in [1.165, 1.54) is 4.90 Å². The number of esters is 1. The van der Waals surface area contributed by atoms with Gasteiger partial charge in [0.1, 0.15) is 5.75 Å². The lowest BCUT2D eigenvalue weighted by Crippen LogP contribution is -2.32. The molecule has 7 heteroatoms. The molecule has 0 radical (unpaired) electrons. The summed E-state index contributed by atoms with van der Waals surface area (Å²) in [6.45, 7) is 7.98. The highest BCUT2D eigenvalue weighted by atomic mass is 16.5. The normalized spacial score (nSPS) is 25.5. The summed E-state index contributed by atoms with van der Waals surface area (Å²) < 4.78 is 5.63. The van der Waals surface area contributed by atoms with E-state index in [-0.39, 0.29) is 48.4 Å². The molecule has 0 unspecified atom stereocenters. The third-order valence-electron chi connectivity index (χ3n) is 7.83. The van der Waals surface area contributed by atoms with E-state index in [1.54, 1.807) is 30.0 Å². The van der Waals surface area contributed by atoms with Gasteiger partial charge in [0, 0.05) is 18.7 Å². The van der Waals surface area contributed by atoms with Crippen LogP contribution in [-0.2, 0) is 19.2 Å². The van der Waals surface area contributed by atoms with Crippen molar-refractivity contribution < 1.29 is 23.9 Å². The van der Waals surface area contributed by atoms with Crippen molar-refractivity contribution in [2.75, 3.05) is 16.3 Å². The Morgan fingerprint density at radius 1 is 0.972 bits per heavy atom. The quantitative estimate of drug-likeness (QED) is 0.279. The summed E-state index contributed by atoms with van der Waals surface area (Å²) in [6, 6.07) is 10.7. The van der Waals surface area contributed by atoms with Crippen LogP contribution in [0.3, 0.4) is 0 Å². The fourth-order valence-electron chi connectivity index (χ4n) is 5.65. The van der Waals surface area contributed by atoms with Gasteiger partial charge in [-0.3, -0.25) is 19.2 Å². The van der Waals surface area contributed by atoms with Crippen molar-refractivity contribution in [3.05, 3.63) is 65.2 Å². The summed E-state index contributed by atoms with van der Waals surface area (Å²) in [5, 5.41) is 0. The summed E-state index contributed by atoms with van der Waals surface area (Å²) in [6.07, 6.45) is 4.64. The number of hydrogen-bond acceptors (Lipinski definition) is 5. The molecule has 0 aromatic heterocycles. The topological polar surface area (TPSA) is 84.0 Å². The van der Waals surface area contributed by atoms with Crippen molar-refractivity contribution in [1.29, 1.82) is 0 Å². The van der Waals surface area contributed by atoms with Crippen LogP contribution < -0.4 is 14.5 Å². The molecule has 2 heterocycles. The van der Waals surface area contributed by atoms with Gasteiger partial charge in [0.05, 0.1) is 23.4 Å². The lowest BCUT2D eigenvalue weighted by atomic mass is 9.78. The molecule has 2 saturated heterocycles. The molecular weight excluding hydrogens is 456 g/mol. The van der Waals surface area contributed by atoms with Gasteiger partial charge in [0.25, 0.3) is 0 Å². The zero-order valence-electron chi connectivity index (χ0n) is 21.0. The van der Waals surface area contributed by atoms with E-state index in [2.05, 4.69) is 0 Å². The van der Waals surface area contributed by atoms with Gasteiger partial charge in [-0.1, -0.05) is 31.2 Å². The van der Waals surface area contributed by atoms with Gasteiger partial charge in [-0.05, 0) is 74.1 Å². The van der Waals surface area contributed by atoms with Crippen LogP contribution in [0.5, 0.6) is 5.75 Å². The number of fused-ring (bicyclic) bond motifs is 1. The van der Waals surface area contributed by atoms with Crippen LogP contribution in [-0.4, -0.2) is 30.2 Å². The molecule has 0 saturated carbocycles. The molecule has 5 rings (SSSR count). The smallest absolute Gasteiger partial charge is 0.316 e. The molecular formula is C29H30N2O5. The number of benzene rings is 2. The average Bonchev–Trinajstić information content (AvgIpc) is 3.34. The fourth-order valence-corrected chi connectivity index (χ4v) is 5.65. The highest BCUT2D eigenvalue weighted by Gasteiger charge is 2.50. The number of ether oxygens (including phenoxy) is 1. The van der Waals surface area contributed by atoms with E-state index in [4.69, 9.17) is 4.74 Å². The summed E-state index contributed by atoms with van der Waals surface area (Å²) >= 11 is 0. The van der Waals surface area contributed by atoms with E-state index >= 15 is 0 Å². The molecule has 2 aliphatic heterocycles. The van der Waals surface area contributed by atoms with Crippen LogP contribution in [0, 0.1) is 44.4 Å². The zero-order chi connectivity index (χ0) is 25.7. The molecule has 186 valence electrons. The first-order chi connectivity index (χ1) is 17.2. The number of imide groups is 1. The Bertz CT molecular complexity index is 1310. The molecule has 2 aromatic rings. The Morgan fingerprint density at radius 3 is 2.47 bits per heavy atom. The number of allylic oxidation sites excluding steroid dienone is 2. The van der Waals surface area contributed by atoms with Crippen molar-refractivity contribution in [1.82, 2.24) is 0 Å². The molecule has 3 aliphatic rings. The monoisotopic (exact) mass is 486 g/mol.